The molecule has 0 aliphatic rings. The van der Waals surface area contributed by atoms with E-state index in [1.165, 1.54) is 0 Å². The van der Waals surface area contributed by atoms with Crippen molar-refractivity contribution in [3.05, 3.63) is 54.4 Å². The van der Waals surface area contributed by atoms with Gasteiger partial charge in [-0.2, -0.15) is 0 Å². The van der Waals surface area contributed by atoms with Crippen LogP contribution in [-0.4, -0.2) is 39.4 Å². The van der Waals surface area contributed by atoms with E-state index in [0.717, 1.165) is 17.3 Å². The molecule has 0 fully saturated rings. The van der Waals surface area contributed by atoms with Crippen molar-refractivity contribution in [3.63, 3.8) is 0 Å². The number of amides is 1. The van der Waals surface area contributed by atoms with Crippen LogP contribution in [0.1, 0.15) is 17.3 Å². The van der Waals surface area contributed by atoms with E-state index in [4.69, 9.17) is 9.15 Å². The zero-order valence-electron chi connectivity index (χ0n) is 14.4. The number of hydrogen-bond acceptors (Lipinski definition) is 8. The van der Waals surface area contributed by atoms with Crippen LogP contribution in [0.3, 0.4) is 0 Å². The van der Waals surface area contributed by atoms with Gasteiger partial charge in [-0.05, 0) is 43.3 Å². The smallest absolute Gasteiger partial charge is 0.338 e. The zero-order valence-corrected chi connectivity index (χ0v) is 15.2. The number of benzene rings is 1. The first-order chi connectivity index (χ1) is 13.2. The molecule has 27 heavy (non-hydrogen) atoms. The Bertz CT molecular complexity index is 913. The Morgan fingerprint density at radius 1 is 1.11 bits per heavy atom. The van der Waals surface area contributed by atoms with Gasteiger partial charge < -0.3 is 14.5 Å². The molecule has 8 nitrogen and oxygen atoms in total. The quantitative estimate of drug-likeness (QED) is 0.489. The number of thioether (sulfide) groups is 1. The molecule has 3 aromatic rings. The van der Waals surface area contributed by atoms with Crippen molar-refractivity contribution in [1.29, 1.82) is 0 Å². The molecule has 0 aliphatic carbocycles. The molecule has 0 saturated heterocycles. The van der Waals surface area contributed by atoms with Crippen LogP contribution in [0, 0.1) is 0 Å². The minimum atomic E-state index is -0.396. The maximum atomic E-state index is 12.1. The van der Waals surface area contributed by atoms with E-state index in [1.54, 1.807) is 55.7 Å². The van der Waals surface area contributed by atoms with Gasteiger partial charge in [-0.1, -0.05) is 11.8 Å². The van der Waals surface area contributed by atoms with Crippen molar-refractivity contribution in [2.24, 2.45) is 0 Å². The summed E-state index contributed by atoms with van der Waals surface area (Å²) >= 11 is 1.14. The highest BCUT2D eigenvalue weighted by molar-refractivity contribution is 7.99. The number of carbonyl (C=O) groups excluding carboxylic acids is 2. The molecule has 0 bridgehead atoms. The van der Waals surface area contributed by atoms with Gasteiger partial charge in [-0.25, -0.2) is 4.79 Å². The number of rotatable bonds is 7. The molecule has 2 heterocycles. The maximum absolute atomic E-state index is 12.1. The van der Waals surface area contributed by atoms with Gasteiger partial charge in [-0.3, -0.25) is 9.78 Å². The molecule has 0 aliphatic heterocycles. The summed E-state index contributed by atoms with van der Waals surface area (Å²) in [5.41, 5.74) is 1.77. The molecule has 9 heteroatoms. The molecule has 0 unspecified atom stereocenters. The van der Waals surface area contributed by atoms with Gasteiger partial charge in [0.2, 0.25) is 11.8 Å². The predicted octanol–water partition coefficient (Wildman–Crippen LogP) is 3.04. The highest BCUT2D eigenvalue weighted by Gasteiger charge is 2.12. The Morgan fingerprint density at radius 3 is 2.56 bits per heavy atom. The van der Waals surface area contributed by atoms with Gasteiger partial charge in [0, 0.05) is 23.6 Å². The van der Waals surface area contributed by atoms with Gasteiger partial charge >= 0.3 is 5.97 Å². The summed E-state index contributed by atoms with van der Waals surface area (Å²) in [5, 5.41) is 10.9. The fraction of sp³-hybridized carbons (Fsp3) is 0.167. The van der Waals surface area contributed by atoms with Gasteiger partial charge in [0.05, 0.1) is 17.9 Å². The summed E-state index contributed by atoms with van der Waals surface area (Å²) in [6.07, 6.45) is 3.26. The minimum Gasteiger partial charge on any atom is -0.462 e. The number of hydrogen-bond donors (Lipinski definition) is 1. The van der Waals surface area contributed by atoms with E-state index in [0.29, 0.717) is 29.0 Å². The van der Waals surface area contributed by atoms with E-state index >= 15 is 0 Å². The SMILES string of the molecule is CCOC(=O)c1ccc(NC(=O)CSc2nnc(-c3ccncc3)o2)cc1. The fourth-order valence-corrected chi connectivity index (χ4v) is 2.67. The first-order valence-electron chi connectivity index (χ1n) is 8.09. The van der Waals surface area contributed by atoms with Crippen molar-refractivity contribution in [2.45, 2.75) is 12.1 Å². The molecular formula is C18H16N4O4S. The molecule has 0 spiro atoms. The number of nitrogens with one attached hydrogen (secondary N) is 1. The number of ether oxygens (including phenoxy) is 1. The normalized spacial score (nSPS) is 10.4. The van der Waals surface area contributed by atoms with Crippen molar-refractivity contribution >= 4 is 29.3 Å². The molecule has 1 amide bonds. The minimum absolute atomic E-state index is 0.109. The van der Waals surface area contributed by atoms with E-state index in [9.17, 15) is 9.59 Å². The standard InChI is InChI=1S/C18H16N4O4S/c1-2-25-17(24)13-3-5-14(6-4-13)20-15(23)11-27-18-22-21-16(26-18)12-7-9-19-10-8-12/h3-10H,2,11H2,1H3,(H,20,23). The van der Waals surface area contributed by atoms with Crippen LogP contribution < -0.4 is 5.32 Å². The summed E-state index contributed by atoms with van der Waals surface area (Å²) in [6.45, 7) is 2.06. The lowest BCUT2D eigenvalue weighted by molar-refractivity contribution is -0.113. The average Bonchev–Trinajstić information content (AvgIpc) is 3.17. The van der Waals surface area contributed by atoms with E-state index in [1.807, 2.05) is 0 Å². The third kappa shape index (κ3) is 5.14. The van der Waals surface area contributed by atoms with Crippen LogP contribution in [0.25, 0.3) is 11.5 Å². The number of pyridine rings is 1. The molecule has 3 rings (SSSR count). The summed E-state index contributed by atoms with van der Waals surface area (Å²) in [5.74, 6) is -0.146. The highest BCUT2D eigenvalue weighted by Crippen LogP contribution is 2.22. The second-order valence-electron chi connectivity index (χ2n) is 5.24. The monoisotopic (exact) mass is 384 g/mol. The van der Waals surface area contributed by atoms with E-state index < -0.39 is 5.97 Å². The maximum Gasteiger partial charge on any atom is 0.338 e. The second kappa shape index (κ2) is 8.95. The van der Waals surface area contributed by atoms with Crippen LogP contribution in [0.4, 0.5) is 5.69 Å². The molecule has 0 saturated carbocycles. The van der Waals surface area contributed by atoms with Crippen LogP contribution in [0.5, 0.6) is 0 Å². The predicted molar refractivity (Wildman–Crippen MR) is 99.3 cm³/mol. The van der Waals surface area contributed by atoms with Crippen molar-refractivity contribution in [3.8, 4) is 11.5 Å². The topological polar surface area (TPSA) is 107 Å². The van der Waals surface area contributed by atoms with Gasteiger partial charge in [0.15, 0.2) is 0 Å². The number of nitrogens with zero attached hydrogens (tertiary/aromatic N) is 3. The summed E-state index contributed by atoms with van der Waals surface area (Å²) in [4.78, 5) is 27.6. The molecule has 2 aromatic heterocycles. The fourth-order valence-electron chi connectivity index (χ4n) is 2.11. The summed E-state index contributed by atoms with van der Waals surface area (Å²) in [6, 6.07) is 9.99. The Balaban J connectivity index is 1.51. The second-order valence-corrected chi connectivity index (χ2v) is 6.17. The third-order valence-electron chi connectivity index (χ3n) is 3.34. The number of carbonyl (C=O) groups is 2. The van der Waals surface area contributed by atoms with Crippen molar-refractivity contribution in [1.82, 2.24) is 15.2 Å². The molecule has 1 N–H and O–H groups in total. The van der Waals surface area contributed by atoms with Crippen molar-refractivity contribution in [2.75, 3.05) is 17.7 Å². The van der Waals surface area contributed by atoms with Gasteiger partial charge in [0.1, 0.15) is 0 Å². The van der Waals surface area contributed by atoms with Crippen LogP contribution in [0.15, 0.2) is 58.4 Å². The average molecular weight is 384 g/mol. The number of anilines is 1. The number of esters is 1. The Labute approximate surface area is 159 Å². The lowest BCUT2D eigenvalue weighted by Crippen LogP contribution is -2.14. The lowest BCUT2D eigenvalue weighted by Gasteiger charge is -2.05. The lowest BCUT2D eigenvalue weighted by atomic mass is 10.2. The zero-order chi connectivity index (χ0) is 19.1. The molecular weight excluding hydrogens is 368 g/mol. The Kier molecular flexibility index (Phi) is 6.16. The Hall–Kier alpha value is -3.20. The first kappa shape index (κ1) is 18.6. The first-order valence-corrected chi connectivity index (χ1v) is 9.08. The Morgan fingerprint density at radius 2 is 1.85 bits per heavy atom. The molecule has 0 atom stereocenters. The highest BCUT2D eigenvalue weighted by atomic mass is 32.2. The van der Waals surface area contributed by atoms with Gasteiger partial charge in [-0.15, -0.1) is 10.2 Å². The molecule has 138 valence electrons. The largest absolute Gasteiger partial charge is 0.462 e. The van der Waals surface area contributed by atoms with E-state index in [-0.39, 0.29) is 11.7 Å². The molecule has 1 aromatic carbocycles. The summed E-state index contributed by atoms with van der Waals surface area (Å²) < 4.78 is 10.4. The van der Waals surface area contributed by atoms with E-state index in [2.05, 4.69) is 20.5 Å². The van der Waals surface area contributed by atoms with Crippen LogP contribution in [0.2, 0.25) is 0 Å². The van der Waals surface area contributed by atoms with Gasteiger partial charge in [0.25, 0.3) is 5.22 Å². The van der Waals surface area contributed by atoms with Crippen LogP contribution >= 0.6 is 11.8 Å². The number of aromatic nitrogens is 3. The van der Waals surface area contributed by atoms with Crippen LogP contribution in [-0.2, 0) is 9.53 Å². The third-order valence-corrected chi connectivity index (χ3v) is 4.16. The summed E-state index contributed by atoms with van der Waals surface area (Å²) in [7, 11) is 0. The molecule has 0 radical (unpaired) electrons. The van der Waals surface area contributed by atoms with Crippen molar-refractivity contribution < 1.29 is 18.7 Å².